The summed E-state index contributed by atoms with van der Waals surface area (Å²) in [4.78, 5) is 38.5. The zero-order valence-electron chi connectivity index (χ0n) is 27.7. The van der Waals surface area contributed by atoms with E-state index in [9.17, 15) is 25.1 Å². The molecule has 3 N–H and O–H groups in total. The second kappa shape index (κ2) is 13.7. The van der Waals surface area contributed by atoms with Crippen molar-refractivity contribution in [2.75, 3.05) is 38.1 Å². The van der Waals surface area contributed by atoms with Crippen molar-refractivity contribution in [3.8, 4) is 28.7 Å². The first kappa shape index (κ1) is 33.4. The highest BCUT2D eigenvalue weighted by Gasteiger charge is 2.29. The number of nitrogens with zero attached hydrogens (tertiary/aromatic N) is 6. The number of oxazole rings is 1. The number of aliphatic hydroxyl groups excluding tert-OH is 1. The SMILES string of the molecule is Cc1c(-c2nc3cc(CN4CC[C@H](C(=O)O)C4)cc(C#N)c3o2)cccc1-c1cccc(NC(=O)c2nc3c(n2C)CCN(CCO)C3)c1Cl. The smallest absolute Gasteiger partial charge is 0.307 e. The summed E-state index contributed by atoms with van der Waals surface area (Å²) in [7, 11) is 1.84. The average Bonchev–Trinajstić information content (AvgIpc) is 3.83. The Morgan fingerprint density at radius 2 is 1.88 bits per heavy atom. The number of aliphatic carboxylic acids is 1. The Labute approximate surface area is 293 Å². The molecule has 7 rings (SSSR count). The van der Waals surface area contributed by atoms with Gasteiger partial charge in [-0.1, -0.05) is 35.9 Å². The number of anilines is 1. The summed E-state index contributed by atoms with van der Waals surface area (Å²) in [6.45, 7) is 5.61. The largest absolute Gasteiger partial charge is 0.481 e. The molecule has 1 amide bonds. The number of aromatic nitrogens is 3. The maximum absolute atomic E-state index is 13.5. The third kappa shape index (κ3) is 6.25. The molecular weight excluding hydrogens is 658 g/mol. The van der Waals surface area contributed by atoms with Crippen LogP contribution in [0.2, 0.25) is 5.02 Å². The van der Waals surface area contributed by atoms with E-state index < -0.39 is 5.97 Å². The number of nitriles is 1. The molecule has 50 heavy (non-hydrogen) atoms. The lowest BCUT2D eigenvalue weighted by Gasteiger charge is -2.25. The van der Waals surface area contributed by atoms with E-state index in [4.69, 9.17) is 21.0 Å². The molecule has 12 nitrogen and oxygen atoms in total. The molecule has 256 valence electrons. The molecule has 0 saturated carbocycles. The number of imidazole rings is 1. The Morgan fingerprint density at radius 1 is 1.10 bits per heavy atom. The topological polar surface area (TPSA) is 161 Å². The number of fused-ring (bicyclic) bond motifs is 2. The van der Waals surface area contributed by atoms with Crippen molar-refractivity contribution in [2.45, 2.75) is 32.9 Å². The van der Waals surface area contributed by atoms with Crippen LogP contribution < -0.4 is 5.32 Å². The van der Waals surface area contributed by atoms with Gasteiger partial charge in [-0.05, 0) is 60.8 Å². The number of carbonyl (C=O) groups is 2. The molecule has 2 aromatic heterocycles. The number of halogens is 1. The van der Waals surface area contributed by atoms with E-state index in [0.29, 0.717) is 83.8 Å². The Bertz CT molecular complexity index is 2180. The Balaban J connectivity index is 1.15. The third-order valence-corrected chi connectivity index (χ3v) is 10.2. The number of amides is 1. The van der Waals surface area contributed by atoms with E-state index in [1.807, 2.05) is 54.9 Å². The van der Waals surface area contributed by atoms with Gasteiger partial charge in [0.15, 0.2) is 11.4 Å². The Kier molecular flexibility index (Phi) is 9.15. The second-order valence-corrected chi connectivity index (χ2v) is 13.3. The van der Waals surface area contributed by atoms with Crippen molar-refractivity contribution >= 4 is 40.3 Å². The highest BCUT2D eigenvalue weighted by molar-refractivity contribution is 6.36. The maximum Gasteiger partial charge on any atom is 0.307 e. The van der Waals surface area contributed by atoms with E-state index in [-0.39, 0.29) is 18.4 Å². The van der Waals surface area contributed by atoms with Gasteiger partial charge >= 0.3 is 5.97 Å². The van der Waals surface area contributed by atoms with Crippen LogP contribution in [0, 0.1) is 24.2 Å². The standard InChI is InChI=1S/C37H36ClN7O5/c1-21-25(27-7-4-8-28(32(27)38)41-35(47)34-40-30-20-44(13-14-46)12-10-31(30)43(34)2)5-3-6-26(21)36-42-29-16-22(15-24(17-39)33(29)50-36)18-45-11-9-23(19-45)37(48)49/h3-8,15-16,23,46H,9-14,18-20H2,1-2H3,(H,41,47)(H,48,49)/t23-/m0/s1. The van der Waals surface area contributed by atoms with Crippen LogP contribution in [0.1, 0.15) is 45.1 Å². The highest BCUT2D eigenvalue weighted by atomic mass is 35.5. The van der Waals surface area contributed by atoms with E-state index in [2.05, 4.69) is 26.2 Å². The summed E-state index contributed by atoms with van der Waals surface area (Å²) >= 11 is 6.97. The first-order valence-corrected chi connectivity index (χ1v) is 16.9. The number of carboxylic acid groups (broad SMARTS) is 1. The van der Waals surface area contributed by atoms with Gasteiger partial charge in [0.2, 0.25) is 5.89 Å². The number of benzene rings is 3. The molecular formula is C37H36ClN7O5. The van der Waals surface area contributed by atoms with Gasteiger partial charge in [-0.3, -0.25) is 19.4 Å². The number of aliphatic hydroxyl groups is 1. The molecule has 5 aromatic rings. The van der Waals surface area contributed by atoms with Crippen LogP contribution in [0.25, 0.3) is 33.7 Å². The van der Waals surface area contributed by atoms with E-state index in [0.717, 1.165) is 46.6 Å². The summed E-state index contributed by atoms with van der Waals surface area (Å²) in [6, 6.07) is 17.1. The molecule has 2 aliphatic rings. The van der Waals surface area contributed by atoms with Gasteiger partial charge in [0, 0.05) is 63.0 Å². The highest BCUT2D eigenvalue weighted by Crippen LogP contribution is 2.39. The zero-order chi connectivity index (χ0) is 35.1. The first-order chi connectivity index (χ1) is 24.1. The molecule has 0 bridgehead atoms. The third-order valence-electron chi connectivity index (χ3n) is 9.75. The minimum absolute atomic E-state index is 0.0720. The van der Waals surface area contributed by atoms with Crippen LogP contribution in [0.15, 0.2) is 52.9 Å². The molecule has 1 fully saturated rings. The van der Waals surface area contributed by atoms with Crippen LogP contribution in [-0.4, -0.2) is 79.2 Å². The molecule has 4 heterocycles. The number of carboxylic acids is 1. The first-order valence-electron chi connectivity index (χ1n) is 16.5. The van der Waals surface area contributed by atoms with Gasteiger partial charge < -0.3 is 24.5 Å². The predicted octanol–water partition coefficient (Wildman–Crippen LogP) is 5.24. The number of hydrogen-bond acceptors (Lipinski definition) is 9. The predicted molar refractivity (Wildman–Crippen MR) is 188 cm³/mol. The molecule has 0 unspecified atom stereocenters. The Morgan fingerprint density at radius 3 is 2.64 bits per heavy atom. The van der Waals surface area contributed by atoms with Crippen molar-refractivity contribution in [1.82, 2.24) is 24.3 Å². The fraction of sp³-hybridized carbons (Fsp3) is 0.324. The monoisotopic (exact) mass is 693 g/mol. The van der Waals surface area contributed by atoms with Crippen LogP contribution in [0.4, 0.5) is 5.69 Å². The minimum Gasteiger partial charge on any atom is -0.481 e. The fourth-order valence-corrected chi connectivity index (χ4v) is 7.38. The molecule has 0 spiro atoms. The van der Waals surface area contributed by atoms with Gasteiger partial charge in [-0.25, -0.2) is 9.97 Å². The molecule has 0 radical (unpaired) electrons. The molecule has 3 aromatic carbocycles. The zero-order valence-corrected chi connectivity index (χ0v) is 28.5. The van der Waals surface area contributed by atoms with Gasteiger partial charge in [0.05, 0.1) is 34.5 Å². The van der Waals surface area contributed by atoms with E-state index in [1.54, 1.807) is 12.1 Å². The quantitative estimate of drug-likeness (QED) is 0.186. The summed E-state index contributed by atoms with van der Waals surface area (Å²) in [6.07, 6.45) is 1.34. The van der Waals surface area contributed by atoms with Crippen molar-refractivity contribution in [2.24, 2.45) is 13.0 Å². The minimum atomic E-state index is -0.785. The number of carbonyl (C=O) groups excluding carboxylic acids is 1. The van der Waals surface area contributed by atoms with Crippen LogP contribution in [0.5, 0.6) is 0 Å². The molecule has 1 atom stereocenters. The lowest BCUT2D eigenvalue weighted by molar-refractivity contribution is -0.141. The lowest BCUT2D eigenvalue weighted by atomic mass is 9.96. The molecule has 2 aliphatic heterocycles. The number of likely N-dealkylation sites (tertiary alicyclic amines) is 1. The number of nitrogens with one attached hydrogen (secondary N) is 1. The van der Waals surface area contributed by atoms with Gasteiger partial charge in [-0.2, -0.15) is 5.26 Å². The van der Waals surface area contributed by atoms with Crippen molar-refractivity contribution in [3.05, 3.63) is 87.5 Å². The van der Waals surface area contributed by atoms with Gasteiger partial charge in [-0.15, -0.1) is 0 Å². The van der Waals surface area contributed by atoms with Crippen molar-refractivity contribution < 1.29 is 24.2 Å². The van der Waals surface area contributed by atoms with Crippen molar-refractivity contribution in [3.63, 3.8) is 0 Å². The number of rotatable bonds is 9. The van der Waals surface area contributed by atoms with Crippen LogP contribution in [0.3, 0.4) is 0 Å². The number of β-amino-alcohol motifs (C(OH)–C–C–N with tert-alkyl or cyclic N) is 1. The van der Waals surface area contributed by atoms with Crippen LogP contribution >= 0.6 is 11.6 Å². The summed E-state index contributed by atoms with van der Waals surface area (Å²) in [5, 5.41) is 32.0. The molecule has 0 aliphatic carbocycles. The fourth-order valence-electron chi connectivity index (χ4n) is 7.11. The van der Waals surface area contributed by atoms with Crippen LogP contribution in [-0.2, 0) is 31.4 Å². The summed E-state index contributed by atoms with van der Waals surface area (Å²) in [5.74, 6) is -0.888. The van der Waals surface area contributed by atoms with Gasteiger partial charge in [0.25, 0.3) is 5.91 Å². The Hall–Kier alpha value is -5.06. The summed E-state index contributed by atoms with van der Waals surface area (Å²) < 4.78 is 8.03. The summed E-state index contributed by atoms with van der Waals surface area (Å²) in [5.41, 5.74) is 7.57. The molecule has 13 heteroatoms. The molecule has 1 saturated heterocycles. The normalized spacial score (nSPS) is 16.4. The van der Waals surface area contributed by atoms with Crippen molar-refractivity contribution in [1.29, 1.82) is 5.26 Å². The number of hydrogen-bond donors (Lipinski definition) is 3. The van der Waals surface area contributed by atoms with Gasteiger partial charge in [0.1, 0.15) is 11.6 Å². The lowest BCUT2D eigenvalue weighted by Crippen LogP contribution is -2.33. The van der Waals surface area contributed by atoms with E-state index in [1.165, 1.54) is 0 Å². The van der Waals surface area contributed by atoms with E-state index >= 15 is 0 Å². The average molecular weight is 694 g/mol. The second-order valence-electron chi connectivity index (χ2n) is 12.9. The maximum atomic E-state index is 13.5.